The summed E-state index contributed by atoms with van der Waals surface area (Å²) >= 11 is 3.74. The molecule has 0 aliphatic carbocycles. The number of fused-ring (bicyclic) bond motifs is 8. The van der Waals surface area contributed by atoms with Gasteiger partial charge in [0.1, 0.15) is 0 Å². The molecule has 0 fully saturated rings. The van der Waals surface area contributed by atoms with Gasteiger partial charge in [-0.15, -0.1) is 22.7 Å². The lowest BCUT2D eigenvalue weighted by molar-refractivity contribution is 1.29. The van der Waals surface area contributed by atoms with Crippen molar-refractivity contribution in [1.82, 2.24) is 0 Å². The van der Waals surface area contributed by atoms with Crippen molar-refractivity contribution in [2.75, 3.05) is 4.90 Å². The fourth-order valence-corrected chi connectivity index (χ4v) is 9.46. The Balaban J connectivity index is 1.12. The second-order valence-corrected chi connectivity index (χ2v) is 14.7. The molecule has 10 rings (SSSR count). The van der Waals surface area contributed by atoms with Crippen molar-refractivity contribution in [3.05, 3.63) is 176 Å². The van der Waals surface area contributed by atoms with Gasteiger partial charge in [0.2, 0.25) is 0 Å². The zero-order valence-electron chi connectivity index (χ0n) is 26.5. The van der Waals surface area contributed by atoms with E-state index in [1.54, 1.807) is 0 Å². The molecule has 49 heavy (non-hydrogen) atoms. The van der Waals surface area contributed by atoms with Crippen molar-refractivity contribution in [2.45, 2.75) is 0 Å². The number of para-hydroxylation sites is 1. The molecule has 8 aromatic carbocycles. The van der Waals surface area contributed by atoms with Crippen LogP contribution in [0.25, 0.3) is 73.4 Å². The highest BCUT2D eigenvalue weighted by molar-refractivity contribution is 7.26. The highest BCUT2D eigenvalue weighted by atomic mass is 32.1. The topological polar surface area (TPSA) is 3.24 Å². The average Bonchev–Trinajstić information content (AvgIpc) is 3.73. The number of hydrogen-bond acceptors (Lipinski definition) is 3. The zero-order chi connectivity index (χ0) is 32.3. The Morgan fingerprint density at radius 3 is 1.69 bits per heavy atom. The molecular formula is C46H29NS2. The molecule has 3 heteroatoms. The lowest BCUT2D eigenvalue weighted by atomic mass is 9.99. The van der Waals surface area contributed by atoms with E-state index in [1.165, 1.54) is 73.4 Å². The van der Waals surface area contributed by atoms with Crippen molar-refractivity contribution >= 4 is 90.9 Å². The van der Waals surface area contributed by atoms with Crippen LogP contribution >= 0.6 is 22.7 Å². The molecular weight excluding hydrogens is 631 g/mol. The zero-order valence-corrected chi connectivity index (χ0v) is 28.1. The van der Waals surface area contributed by atoms with E-state index in [-0.39, 0.29) is 0 Å². The summed E-state index contributed by atoms with van der Waals surface area (Å²) in [7, 11) is 0. The third-order valence-corrected chi connectivity index (χ3v) is 11.9. The van der Waals surface area contributed by atoms with Crippen LogP contribution in [-0.4, -0.2) is 0 Å². The molecule has 0 atom stereocenters. The SMILES string of the molecule is c1ccc(-c2ccc3sc4ccc(N(c5ccccc5)c5cccc(-c6ccc7sc8ccc9ccccc9c8c7c6)c5)cc4c3c2)cc1. The van der Waals surface area contributed by atoms with Gasteiger partial charge < -0.3 is 4.90 Å². The van der Waals surface area contributed by atoms with Crippen molar-refractivity contribution in [3.63, 3.8) is 0 Å². The quantitative estimate of drug-likeness (QED) is 0.178. The summed E-state index contributed by atoms with van der Waals surface area (Å²) < 4.78 is 5.27. The maximum Gasteiger partial charge on any atom is 0.0468 e. The van der Waals surface area contributed by atoms with Crippen LogP contribution in [-0.2, 0) is 0 Å². The minimum Gasteiger partial charge on any atom is -0.310 e. The van der Waals surface area contributed by atoms with E-state index < -0.39 is 0 Å². The summed E-state index contributed by atoms with van der Waals surface area (Å²) in [4.78, 5) is 2.39. The van der Waals surface area contributed by atoms with E-state index >= 15 is 0 Å². The van der Waals surface area contributed by atoms with E-state index in [0.29, 0.717) is 0 Å². The molecule has 0 spiro atoms. The molecule has 0 N–H and O–H groups in total. The Morgan fingerprint density at radius 1 is 0.306 bits per heavy atom. The van der Waals surface area contributed by atoms with E-state index in [4.69, 9.17) is 0 Å². The number of nitrogens with zero attached hydrogens (tertiary/aromatic N) is 1. The molecule has 2 heterocycles. The highest BCUT2D eigenvalue weighted by Gasteiger charge is 2.17. The number of hydrogen-bond donors (Lipinski definition) is 0. The summed E-state index contributed by atoms with van der Waals surface area (Å²) in [6.45, 7) is 0. The molecule has 0 saturated carbocycles. The first kappa shape index (κ1) is 28.3. The lowest BCUT2D eigenvalue weighted by Crippen LogP contribution is -2.09. The minimum atomic E-state index is 1.13. The van der Waals surface area contributed by atoms with Gasteiger partial charge in [0.15, 0.2) is 0 Å². The van der Waals surface area contributed by atoms with E-state index in [0.717, 1.165) is 17.1 Å². The second kappa shape index (κ2) is 11.5. The first-order valence-electron chi connectivity index (χ1n) is 16.6. The van der Waals surface area contributed by atoms with E-state index in [2.05, 4.69) is 181 Å². The molecule has 0 radical (unpaired) electrons. The Morgan fingerprint density at radius 2 is 0.857 bits per heavy atom. The summed E-state index contributed by atoms with van der Waals surface area (Å²) in [6.07, 6.45) is 0. The molecule has 0 amide bonds. The first-order chi connectivity index (χ1) is 24.3. The summed E-state index contributed by atoms with van der Waals surface area (Å²) in [5.41, 5.74) is 8.32. The van der Waals surface area contributed by atoms with Gasteiger partial charge in [-0.2, -0.15) is 0 Å². The van der Waals surface area contributed by atoms with Crippen LogP contribution in [0.3, 0.4) is 0 Å². The summed E-state index contributed by atoms with van der Waals surface area (Å²) in [5.74, 6) is 0. The van der Waals surface area contributed by atoms with Crippen LogP contribution in [0.4, 0.5) is 17.1 Å². The van der Waals surface area contributed by atoms with E-state index in [9.17, 15) is 0 Å². The van der Waals surface area contributed by atoms with Crippen molar-refractivity contribution in [1.29, 1.82) is 0 Å². The molecule has 0 aliphatic rings. The standard InChI is InChI=1S/C46H29NS2/c1-3-10-30(11-4-1)33-19-22-42-39(27-33)40-29-37(21-25-43(40)48-42)47(35-14-5-2-6-15-35)36-16-9-13-32(26-36)34-20-23-44-41(28-34)46-38-17-8-7-12-31(38)18-24-45(46)49-44/h1-29H. The molecule has 10 aromatic rings. The second-order valence-electron chi connectivity index (χ2n) is 12.6. The van der Waals surface area contributed by atoms with Gasteiger partial charge in [0, 0.05) is 57.4 Å². The van der Waals surface area contributed by atoms with Crippen molar-refractivity contribution in [2.24, 2.45) is 0 Å². The van der Waals surface area contributed by atoms with Gasteiger partial charge in [-0.1, -0.05) is 103 Å². The number of benzene rings is 8. The molecule has 2 aromatic heterocycles. The van der Waals surface area contributed by atoms with Gasteiger partial charge in [-0.05, 0) is 106 Å². The lowest BCUT2D eigenvalue weighted by Gasteiger charge is -2.26. The minimum absolute atomic E-state index is 1.13. The van der Waals surface area contributed by atoms with Crippen LogP contribution in [0.1, 0.15) is 0 Å². The fraction of sp³-hybridized carbons (Fsp3) is 0. The predicted molar refractivity (Wildman–Crippen MR) is 215 cm³/mol. The first-order valence-corrected chi connectivity index (χ1v) is 18.2. The summed E-state index contributed by atoms with van der Waals surface area (Å²) in [5, 5.41) is 7.87. The van der Waals surface area contributed by atoms with Crippen LogP contribution in [0.2, 0.25) is 0 Å². The number of thiophene rings is 2. The third-order valence-electron chi connectivity index (χ3n) is 9.63. The molecule has 0 aliphatic heterocycles. The van der Waals surface area contributed by atoms with Crippen molar-refractivity contribution in [3.8, 4) is 22.3 Å². The Bertz CT molecular complexity index is 2830. The Kier molecular flexibility index (Phi) is 6.61. The van der Waals surface area contributed by atoms with Gasteiger partial charge >= 0.3 is 0 Å². The number of anilines is 3. The smallest absolute Gasteiger partial charge is 0.0468 e. The van der Waals surface area contributed by atoms with Crippen LogP contribution < -0.4 is 4.90 Å². The Labute approximate surface area is 292 Å². The van der Waals surface area contributed by atoms with Gasteiger partial charge in [-0.25, -0.2) is 0 Å². The molecule has 0 unspecified atom stereocenters. The maximum absolute atomic E-state index is 2.39. The van der Waals surface area contributed by atoms with Gasteiger partial charge in [-0.3, -0.25) is 0 Å². The van der Waals surface area contributed by atoms with Gasteiger partial charge in [0.25, 0.3) is 0 Å². The molecule has 230 valence electrons. The third kappa shape index (κ3) is 4.82. The monoisotopic (exact) mass is 659 g/mol. The normalized spacial score (nSPS) is 11.7. The highest BCUT2D eigenvalue weighted by Crippen LogP contribution is 2.44. The fourth-order valence-electron chi connectivity index (χ4n) is 7.29. The Hall–Kier alpha value is -5.74. The number of rotatable bonds is 5. The molecule has 0 bridgehead atoms. The predicted octanol–water partition coefficient (Wildman–Crippen LogP) is 14.4. The van der Waals surface area contributed by atoms with Crippen molar-refractivity contribution < 1.29 is 0 Å². The van der Waals surface area contributed by atoms with Crippen LogP contribution in [0, 0.1) is 0 Å². The molecule has 0 saturated heterocycles. The largest absolute Gasteiger partial charge is 0.310 e. The maximum atomic E-state index is 2.39. The van der Waals surface area contributed by atoms with E-state index in [1.807, 2.05) is 22.7 Å². The average molecular weight is 660 g/mol. The summed E-state index contributed by atoms with van der Waals surface area (Å²) in [6, 6.07) is 64.4. The van der Waals surface area contributed by atoms with Crippen LogP contribution in [0.5, 0.6) is 0 Å². The van der Waals surface area contributed by atoms with Gasteiger partial charge in [0.05, 0.1) is 0 Å². The molecule has 1 nitrogen and oxygen atoms in total. The van der Waals surface area contributed by atoms with Crippen LogP contribution in [0.15, 0.2) is 176 Å².